The second-order valence-electron chi connectivity index (χ2n) is 10.2. The molecule has 1 heterocycles. The fourth-order valence-electron chi connectivity index (χ4n) is 5.05. The van der Waals surface area contributed by atoms with Crippen molar-refractivity contribution in [2.75, 3.05) is 6.61 Å². The fourth-order valence-corrected chi connectivity index (χ4v) is 5.05. The van der Waals surface area contributed by atoms with Crippen molar-refractivity contribution in [3.8, 4) is 22.5 Å². The minimum absolute atomic E-state index is 0.163. The van der Waals surface area contributed by atoms with Crippen LogP contribution in [0.1, 0.15) is 60.2 Å². The Morgan fingerprint density at radius 1 is 1.05 bits per heavy atom. The first-order valence-electron chi connectivity index (χ1n) is 13.5. The minimum Gasteiger partial charge on any atom is -0.465 e. The SMILES string of the molecule is CCOC(=O)C1(c2ccc(-c3ccc(-c4onc(C)c4C(O)C/C=C/c4cccc(C(F)(F)F)c4)cc3)cc2)CC1. The topological polar surface area (TPSA) is 72.6 Å². The Labute approximate surface area is 236 Å². The summed E-state index contributed by atoms with van der Waals surface area (Å²) in [7, 11) is 0. The molecule has 0 amide bonds. The Morgan fingerprint density at radius 2 is 1.68 bits per heavy atom. The molecule has 0 radical (unpaired) electrons. The van der Waals surface area contributed by atoms with Gasteiger partial charge in [-0.3, -0.25) is 4.79 Å². The van der Waals surface area contributed by atoms with Crippen LogP contribution in [0.5, 0.6) is 0 Å². The van der Waals surface area contributed by atoms with E-state index < -0.39 is 23.3 Å². The van der Waals surface area contributed by atoms with E-state index in [0.717, 1.165) is 47.2 Å². The highest BCUT2D eigenvalue weighted by molar-refractivity contribution is 5.87. The van der Waals surface area contributed by atoms with Gasteiger partial charge >= 0.3 is 12.1 Å². The van der Waals surface area contributed by atoms with Crippen molar-refractivity contribution in [1.29, 1.82) is 0 Å². The van der Waals surface area contributed by atoms with Gasteiger partial charge in [0.1, 0.15) is 0 Å². The summed E-state index contributed by atoms with van der Waals surface area (Å²) in [5.74, 6) is 0.276. The number of aliphatic hydroxyl groups is 1. The number of hydrogen-bond acceptors (Lipinski definition) is 5. The lowest BCUT2D eigenvalue weighted by Gasteiger charge is -2.15. The lowest BCUT2D eigenvalue weighted by molar-refractivity contribution is -0.146. The van der Waals surface area contributed by atoms with Gasteiger partial charge < -0.3 is 14.4 Å². The average Bonchev–Trinajstić information content (AvgIpc) is 3.69. The van der Waals surface area contributed by atoms with E-state index in [9.17, 15) is 23.1 Å². The van der Waals surface area contributed by atoms with Crippen LogP contribution in [0.25, 0.3) is 28.5 Å². The highest BCUT2D eigenvalue weighted by Crippen LogP contribution is 2.49. The molecule has 3 aromatic carbocycles. The van der Waals surface area contributed by atoms with Crippen LogP contribution in [0.2, 0.25) is 0 Å². The third-order valence-electron chi connectivity index (χ3n) is 7.46. The number of hydrogen-bond donors (Lipinski definition) is 1. The second-order valence-corrected chi connectivity index (χ2v) is 10.2. The maximum absolute atomic E-state index is 13.0. The molecule has 1 atom stereocenters. The van der Waals surface area contributed by atoms with Crippen LogP contribution < -0.4 is 0 Å². The molecule has 1 N–H and O–H groups in total. The molecule has 212 valence electrons. The molecule has 1 unspecified atom stereocenters. The van der Waals surface area contributed by atoms with Crippen LogP contribution in [-0.4, -0.2) is 22.8 Å². The molecule has 1 saturated carbocycles. The van der Waals surface area contributed by atoms with Gasteiger partial charge in [0, 0.05) is 5.56 Å². The molecule has 0 bridgehead atoms. The standard InChI is InChI=1S/C33H30F3NO4/c1-3-40-31(39)32(18-19-32)26-16-14-24(15-17-26)23-10-12-25(13-11-23)30-29(21(2)37-41-30)28(38)9-5-7-22-6-4-8-27(20-22)33(34,35)36/h4-8,10-17,20,28,38H,3,9,18-19H2,1-2H3/b7-5+. The summed E-state index contributed by atoms with van der Waals surface area (Å²) in [6.07, 6.45) is -0.420. The van der Waals surface area contributed by atoms with E-state index in [2.05, 4.69) is 5.16 Å². The maximum Gasteiger partial charge on any atom is 0.416 e. The summed E-state index contributed by atoms with van der Waals surface area (Å²) in [6.45, 7) is 3.91. The van der Waals surface area contributed by atoms with E-state index in [1.54, 1.807) is 25.1 Å². The van der Waals surface area contributed by atoms with E-state index >= 15 is 0 Å². The van der Waals surface area contributed by atoms with Crippen LogP contribution in [0.15, 0.2) is 83.4 Å². The lowest BCUT2D eigenvalue weighted by atomic mass is 9.93. The van der Waals surface area contributed by atoms with E-state index in [1.807, 2.05) is 55.5 Å². The molecule has 1 aliphatic rings. The Kier molecular flexibility index (Phi) is 7.87. The molecule has 1 aliphatic carbocycles. The van der Waals surface area contributed by atoms with E-state index in [-0.39, 0.29) is 12.4 Å². The van der Waals surface area contributed by atoms with E-state index in [0.29, 0.717) is 29.2 Å². The van der Waals surface area contributed by atoms with Crippen LogP contribution in [0.4, 0.5) is 13.2 Å². The molecule has 5 nitrogen and oxygen atoms in total. The van der Waals surface area contributed by atoms with Gasteiger partial charge in [0.05, 0.1) is 34.9 Å². The van der Waals surface area contributed by atoms with Crippen LogP contribution in [0, 0.1) is 6.92 Å². The largest absolute Gasteiger partial charge is 0.465 e. The number of ether oxygens (including phenoxy) is 1. The fraction of sp³-hybridized carbons (Fsp3) is 0.273. The number of aryl methyl sites for hydroxylation is 1. The predicted octanol–water partition coefficient (Wildman–Crippen LogP) is 8.07. The first-order chi connectivity index (χ1) is 19.6. The zero-order chi connectivity index (χ0) is 29.2. The summed E-state index contributed by atoms with van der Waals surface area (Å²) in [5, 5.41) is 15.0. The zero-order valence-electron chi connectivity index (χ0n) is 22.7. The van der Waals surface area contributed by atoms with Crippen molar-refractivity contribution in [3.05, 3.63) is 107 Å². The normalized spacial score (nSPS) is 15.2. The molecule has 1 aromatic heterocycles. The van der Waals surface area contributed by atoms with Crippen molar-refractivity contribution in [2.45, 2.75) is 50.8 Å². The van der Waals surface area contributed by atoms with Crippen LogP contribution in [-0.2, 0) is 21.1 Å². The first-order valence-corrected chi connectivity index (χ1v) is 13.5. The molecule has 4 aromatic rings. The Hall–Kier alpha value is -4.17. The third-order valence-corrected chi connectivity index (χ3v) is 7.46. The highest BCUT2D eigenvalue weighted by Gasteiger charge is 2.52. The van der Waals surface area contributed by atoms with Crippen LogP contribution >= 0.6 is 0 Å². The number of carbonyl (C=O) groups is 1. The van der Waals surface area contributed by atoms with Crippen molar-refractivity contribution in [3.63, 3.8) is 0 Å². The van der Waals surface area contributed by atoms with Crippen molar-refractivity contribution >= 4 is 12.0 Å². The van der Waals surface area contributed by atoms with Gasteiger partial charge in [-0.1, -0.05) is 78.0 Å². The van der Waals surface area contributed by atoms with Crippen molar-refractivity contribution < 1.29 is 32.3 Å². The quantitative estimate of drug-likeness (QED) is 0.209. The number of halogens is 3. The first kappa shape index (κ1) is 28.4. The Balaban J connectivity index is 1.29. The minimum atomic E-state index is -4.42. The number of benzene rings is 3. The third kappa shape index (κ3) is 5.98. The number of esters is 1. The summed E-state index contributed by atoms with van der Waals surface area (Å²) >= 11 is 0. The molecular formula is C33H30F3NO4. The molecule has 1 fully saturated rings. The molecule has 0 saturated heterocycles. The number of aromatic nitrogens is 1. The number of nitrogens with zero attached hydrogens (tertiary/aromatic N) is 1. The molecule has 0 spiro atoms. The second kappa shape index (κ2) is 11.4. The molecule has 41 heavy (non-hydrogen) atoms. The molecule has 0 aliphatic heterocycles. The van der Waals surface area contributed by atoms with Gasteiger partial charge in [0.15, 0.2) is 5.76 Å². The van der Waals surface area contributed by atoms with Crippen LogP contribution in [0.3, 0.4) is 0 Å². The predicted molar refractivity (Wildman–Crippen MR) is 150 cm³/mol. The average molecular weight is 562 g/mol. The Morgan fingerprint density at radius 3 is 2.29 bits per heavy atom. The highest BCUT2D eigenvalue weighted by atomic mass is 19.4. The van der Waals surface area contributed by atoms with Gasteiger partial charge in [-0.25, -0.2) is 0 Å². The van der Waals surface area contributed by atoms with Gasteiger partial charge in [0.25, 0.3) is 0 Å². The van der Waals surface area contributed by atoms with Gasteiger partial charge in [-0.15, -0.1) is 0 Å². The molecular weight excluding hydrogens is 531 g/mol. The molecule has 8 heteroatoms. The van der Waals surface area contributed by atoms with Gasteiger partial charge in [-0.05, 0) is 67.5 Å². The summed E-state index contributed by atoms with van der Waals surface area (Å²) in [4.78, 5) is 12.4. The van der Waals surface area contributed by atoms with Gasteiger partial charge in [0.2, 0.25) is 0 Å². The number of carbonyl (C=O) groups excluding carboxylic acids is 1. The zero-order valence-corrected chi connectivity index (χ0v) is 22.7. The monoisotopic (exact) mass is 561 g/mol. The number of aliphatic hydroxyl groups excluding tert-OH is 1. The maximum atomic E-state index is 13.0. The van der Waals surface area contributed by atoms with Crippen molar-refractivity contribution in [1.82, 2.24) is 5.16 Å². The Bertz CT molecular complexity index is 1550. The number of rotatable bonds is 9. The number of alkyl halides is 3. The van der Waals surface area contributed by atoms with Crippen molar-refractivity contribution in [2.24, 2.45) is 0 Å². The summed E-state index contributed by atoms with van der Waals surface area (Å²) < 4.78 is 49.8. The summed E-state index contributed by atoms with van der Waals surface area (Å²) in [6, 6.07) is 20.6. The summed E-state index contributed by atoms with van der Waals surface area (Å²) in [5.41, 5.74) is 3.90. The molecule has 5 rings (SSSR count). The van der Waals surface area contributed by atoms with Gasteiger partial charge in [-0.2, -0.15) is 13.2 Å². The van der Waals surface area contributed by atoms with E-state index in [4.69, 9.17) is 9.26 Å². The lowest BCUT2D eigenvalue weighted by Crippen LogP contribution is -2.23. The van der Waals surface area contributed by atoms with E-state index in [1.165, 1.54) is 6.07 Å². The smallest absolute Gasteiger partial charge is 0.416 e.